The Morgan fingerprint density at radius 2 is 1.80 bits per heavy atom. The average molecular weight is 371 g/mol. The number of hydrogen-bond donors (Lipinski definition) is 0. The minimum absolute atomic E-state index is 0.490. The van der Waals surface area contributed by atoms with E-state index in [4.69, 9.17) is 11.6 Å². The van der Waals surface area contributed by atoms with Gasteiger partial charge in [-0.25, -0.2) is 4.98 Å². The highest BCUT2D eigenvalue weighted by molar-refractivity contribution is 8.00. The highest BCUT2D eigenvalue weighted by Gasteiger charge is 2.15. The van der Waals surface area contributed by atoms with Gasteiger partial charge in [0, 0.05) is 34.1 Å². The molecule has 1 heterocycles. The van der Waals surface area contributed by atoms with Crippen LogP contribution < -0.4 is 0 Å². The van der Waals surface area contributed by atoms with E-state index in [9.17, 15) is 0 Å². The second-order valence-electron chi connectivity index (χ2n) is 6.39. The van der Waals surface area contributed by atoms with Crippen LogP contribution in [0.25, 0.3) is 0 Å². The van der Waals surface area contributed by atoms with E-state index in [-0.39, 0.29) is 0 Å². The summed E-state index contributed by atoms with van der Waals surface area (Å²) in [4.78, 5) is 5.59. The molecule has 3 aromatic rings. The van der Waals surface area contributed by atoms with Crippen molar-refractivity contribution in [2.75, 3.05) is 0 Å². The molecule has 1 aromatic heterocycles. The second-order valence-corrected chi connectivity index (χ2v) is 8.13. The Morgan fingerprint density at radius 3 is 2.44 bits per heavy atom. The van der Waals surface area contributed by atoms with Gasteiger partial charge in [-0.15, -0.1) is 11.8 Å². The van der Waals surface area contributed by atoms with Gasteiger partial charge in [-0.05, 0) is 55.5 Å². The van der Waals surface area contributed by atoms with E-state index in [2.05, 4.69) is 53.7 Å². The monoisotopic (exact) mass is 370 g/mol. The number of nitrogens with zero attached hydrogens (tertiary/aromatic N) is 2. The maximum atomic E-state index is 6.00. The molecule has 0 saturated carbocycles. The quantitative estimate of drug-likeness (QED) is 0.478. The summed E-state index contributed by atoms with van der Waals surface area (Å²) in [6, 6.07) is 14.7. The van der Waals surface area contributed by atoms with E-state index in [1.165, 1.54) is 21.6 Å². The Morgan fingerprint density at radius 1 is 1.08 bits per heavy atom. The van der Waals surface area contributed by atoms with Crippen molar-refractivity contribution in [2.24, 2.45) is 0 Å². The van der Waals surface area contributed by atoms with Crippen LogP contribution in [-0.4, -0.2) is 14.8 Å². The van der Waals surface area contributed by atoms with Crippen molar-refractivity contribution in [1.29, 1.82) is 0 Å². The third-order valence-electron chi connectivity index (χ3n) is 4.34. The lowest BCUT2D eigenvalue weighted by Gasteiger charge is -2.20. The molecule has 0 N–H and O–H groups in total. The van der Waals surface area contributed by atoms with E-state index < -0.39 is 0 Å². The predicted octanol–water partition coefficient (Wildman–Crippen LogP) is 5.95. The number of imidazole rings is 1. The molecule has 0 aliphatic carbocycles. The lowest BCUT2D eigenvalue weighted by Crippen LogP contribution is -2.13. The largest absolute Gasteiger partial charge is 0.336 e. The molecule has 2 nitrogen and oxygen atoms in total. The summed E-state index contributed by atoms with van der Waals surface area (Å²) in [5.74, 6) is 0. The summed E-state index contributed by atoms with van der Waals surface area (Å²) in [6.07, 6.45) is 7.95. The highest BCUT2D eigenvalue weighted by Crippen LogP contribution is 2.33. The second kappa shape index (κ2) is 8.59. The molecule has 4 heteroatoms. The Kier molecular flexibility index (Phi) is 6.22. The molecule has 1 atom stereocenters. The van der Waals surface area contributed by atoms with E-state index in [0.717, 1.165) is 24.4 Å². The zero-order chi connectivity index (χ0) is 17.6. The van der Waals surface area contributed by atoms with E-state index in [1.807, 2.05) is 42.6 Å². The van der Waals surface area contributed by atoms with Crippen molar-refractivity contribution in [3.05, 3.63) is 82.9 Å². The zero-order valence-electron chi connectivity index (χ0n) is 14.7. The van der Waals surface area contributed by atoms with Gasteiger partial charge < -0.3 is 4.57 Å². The average Bonchev–Trinajstić information content (AvgIpc) is 3.10. The van der Waals surface area contributed by atoms with Crippen LogP contribution in [0, 0.1) is 13.8 Å². The molecule has 0 aliphatic heterocycles. The number of halogens is 1. The van der Waals surface area contributed by atoms with Gasteiger partial charge in [0.05, 0.1) is 6.33 Å². The molecule has 0 aliphatic rings. The van der Waals surface area contributed by atoms with Gasteiger partial charge in [0.2, 0.25) is 0 Å². The number of hydrogen-bond acceptors (Lipinski definition) is 2. The highest BCUT2D eigenvalue weighted by atomic mass is 35.5. The maximum Gasteiger partial charge on any atom is 0.0946 e. The van der Waals surface area contributed by atoms with Gasteiger partial charge in [-0.1, -0.05) is 41.9 Å². The molecule has 1 unspecified atom stereocenters. The molecule has 0 fully saturated rings. The summed E-state index contributed by atoms with van der Waals surface area (Å²) in [6.45, 7) is 5.36. The van der Waals surface area contributed by atoms with E-state index in [1.54, 1.807) is 0 Å². The van der Waals surface area contributed by atoms with Gasteiger partial charge in [0.15, 0.2) is 0 Å². The molecule has 2 aromatic carbocycles. The summed E-state index contributed by atoms with van der Waals surface area (Å²) in [5.41, 5.74) is 4.04. The minimum Gasteiger partial charge on any atom is -0.336 e. The van der Waals surface area contributed by atoms with Crippen molar-refractivity contribution in [3.8, 4) is 0 Å². The molecule has 0 amide bonds. The normalized spacial score (nSPS) is 12.3. The van der Waals surface area contributed by atoms with Crippen LogP contribution in [-0.2, 0) is 13.0 Å². The molecule has 0 bridgehead atoms. The first-order valence-corrected chi connectivity index (χ1v) is 9.80. The Balaban J connectivity index is 1.73. The summed E-state index contributed by atoms with van der Waals surface area (Å²) >= 11 is 7.98. The van der Waals surface area contributed by atoms with Gasteiger partial charge in [0.1, 0.15) is 0 Å². The number of benzene rings is 2. The van der Waals surface area contributed by atoms with Crippen molar-refractivity contribution in [2.45, 2.75) is 43.4 Å². The number of aryl methyl sites for hydroxylation is 3. The first-order valence-electron chi connectivity index (χ1n) is 8.55. The molecular weight excluding hydrogens is 348 g/mol. The fourth-order valence-corrected chi connectivity index (χ4v) is 4.40. The van der Waals surface area contributed by atoms with Crippen LogP contribution in [0.1, 0.15) is 23.1 Å². The predicted molar refractivity (Wildman–Crippen MR) is 108 cm³/mol. The summed E-state index contributed by atoms with van der Waals surface area (Å²) in [7, 11) is 0. The van der Waals surface area contributed by atoms with Gasteiger partial charge >= 0.3 is 0 Å². The third kappa shape index (κ3) is 5.13. The molecule has 3 rings (SSSR count). The van der Waals surface area contributed by atoms with Gasteiger partial charge in [0.25, 0.3) is 0 Å². The first-order chi connectivity index (χ1) is 12.1. The summed E-state index contributed by atoms with van der Waals surface area (Å²) in [5, 5.41) is 1.29. The topological polar surface area (TPSA) is 17.8 Å². The van der Waals surface area contributed by atoms with Crippen LogP contribution >= 0.6 is 23.4 Å². The Bertz CT molecular complexity index is 777. The molecule has 130 valence electrons. The van der Waals surface area contributed by atoms with Crippen LogP contribution in [0.4, 0.5) is 0 Å². The van der Waals surface area contributed by atoms with Gasteiger partial charge in [-0.3, -0.25) is 0 Å². The zero-order valence-corrected chi connectivity index (χ0v) is 16.2. The Hall–Kier alpha value is -1.71. The number of thioether (sulfide) groups is 1. The van der Waals surface area contributed by atoms with Crippen LogP contribution in [0.2, 0.25) is 5.02 Å². The molecule has 0 spiro atoms. The summed E-state index contributed by atoms with van der Waals surface area (Å²) < 4.78 is 2.17. The number of rotatable bonds is 7. The first kappa shape index (κ1) is 18.1. The molecule has 0 radical (unpaired) electrons. The van der Waals surface area contributed by atoms with Crippen molar-refractivity contribution in [1.82, 2.24) is 9.55 Å². The van der Waals surface area contributed by atoms with Crippen molar-refractivity contribution < 1.29 is 0 Å². The maximum absolute atomic E-state index is 6.00. The molecular formula is C21H23ClN2S. The molecule has 0 saturated heterocycles. The lowest BCUT2D eigenvalue weighted by molar-refractivity contribution is 0.624. The molecule has 25 heavy (non-hydrogen) atoms. The standard InChI is InChI=1S/C21H23ClN2S/c1-16-4-3-5-17(2)21(16)25-20(14-24-13-12-23-15-24)11-8-18-6-9-19(22)10-7-18/h3-7,9-10,12-13,15,20H,8,11,14H2,1-2H3. The van der Waals surface area contributed by atoms with Crippen molar-refractivity contribution >= 4 is 23.4 Å². The lowest BCUT2D eigenvalue weighted by atomic mass is 10.1. The number of aromatic nitrogens is 2. The van der Waals surface area contributed by atoms with Crippen LogP contribution in [0.3, 0.4) is 0 Å². The third-order valence-corrected chi connectivity index (χ3v) is 6.18. The van der Waals surface area contributed by atoms with E-state index >= 15 is 0 Å². The SMILES string of the molecule is Cc1cccc(C)c1SC(CCc1ccc(Cl)cc1)Cn1ccnc1. The smallest absolute Gasteiger partial charge is 0.0946 e. The Labute approximate surface area is 159 Å². The van der Waals surface area contributed by atoms with Crippen molar-refractivity contribution in [3.63, 3.8) is 0 Å². The fourth-order valence-electron chi connectivity index (χ4n) is 2.95. The van der Waals surface area contributed by atoms with E-state index in [0.29, 0.717) is 5.25 Å². The van der Waals surface area contributed by atoms with Crippen LogP contribution in [0.5, 0.6) is 0 Å². The van der Waals surface area contributed by atoms with Gasteiger partial charge in [-0.2, -0.15) is 0 Å². The minimum atomic E-state index is 0.490. The van der Waals surface area contributed by atoms with Crippen LogP contribution in [0.15, 0.2) is 66.1 Å². The fraction of sp³-hybridized carbons (Fsp3) is 0.286.